The number of piperidine rings is 1. The molecular weight excluding hydrogens is 258 g/mol. The molecule has 4 heteroatoms. The van der Waals surface area contributed by atoms with Crippen LogP contribution in [0.25, 0.3) is 0 Å². The highest BCUT2D eigenvalue weighted by atomic mass is 19.1. The third-order valence-corrected chi connectivity index (χ3v) is 4.72. The predicted octanol–water partition coefficient (Wildman–Crippen LogP) is 2.83. The van der Waals surface area contributed by atoms with Gasteiger partial charge in [0.05, 0.1) is 0 Å². The molecular formula is C16H22F2N2. The van der Waals surface area contributed by atoms with Crippen molar-refractivity contribution in [1.82, 2.24) is 4.90 Å². The fourth-order valence-electron chi connectivity index (χ4n) is 3.73. The third kappa shape index (κ3) is 3.01. The van der Waals surface area contributed by atoms with Gasteiger partial charge in [-0.3, -0.25) is 4.90 Å². The first-order valence-corrected chi connectivity index (χ1v) is 7.51. The molecule has 1 heterocycles. The van der Waals surface area contributed by atoms with Gasteiger partial charge in [0.2, 0.25) is 0 Å². The Bertz CT molecular complexity index is 438. The number of likely N-dealkylation sites (tertiary alicyclic amines) is 1. The zero-order valence-corrected chi connectivity index (χ0v) is 11.6. The van der Waals surface area contributed by atoms with Crippen LogP contribution in [0.1, 0.15) is 37.2 Å². The maximum atomic E-state index is 13.6. The summed E-state index contributed by atoms with van der Waals surface area (Å²) in [6.07, 6.45) is 2.92. The van der Waals surface area contributed by atoms with Crippen LogP contribution in [0.15, 0.2) is 24.3 Å². The van der Waals surface area contributed by atoms with E-state index in [9.17, 15) is 8.78 Å². The highest BCUT2D eigenvalue weighted by Crippen LogP contribution is 2.37. The first kappa shape index (κ1) is 14.0. The van der Waals surface area contributed by atoms with Crippen LogP contribution in [-0.2, 0) is 0 Å². The molecule has 0 spiro atoms. The molecule has 0 bridgehead atoms. The average molecular weight is 280 g/mol. The highest BCUT2D eigenvalue weighted by molar-refractivity contribution is 5.22. The van der Waals surface area contributed by atoms with E-state index in [4.69, 9.17) is 5.73 Å². The van der Waals surface area contributed by atoms with Crippen molar-refractivity contribution in [2.75, 3.05) is 13.1 Å². The lowest BCUT2D eigenvalue weighted by molar-refractivity contribution is 0.0874. The monoisotopic (exact) mass is 280 g/mol. The van der Waals surface area contributed by atoms with Crippen molar-refractivity contribution in [2.24, 2.45) is 5.73 Å². The lowest BCUT2D eigenvalue weighted by atomic mass is 9.96. The molecule has 3 rings (SSSR count). The Hall–Kier alpha value is -1.00. The van der Waals surface area contributed by atoms with Gasteiger partial charge in [-0.1, -0.05) is 12.1 Å². The molecule has 2 aliphatic rings. The van der Waals surface area contributed by atoms with Crippen LogP contribution in [0, 0.1) is 5.82 Å². The number of alkyl halides is 1. The van der Waals surface area contributed by atoms with E-state index in [2.05, 4.69) is 4.90 Å². The summed E-state index contributed by atoms with van der Waals surface area (Å²) in [5.41, 5.74) is 7.12. The standard InChI is InChI=1S/C16H22F2N2/c17-13-4-1-11(2-5-13)12-3-6-16(7-12)20-9-14(18)8-15(19)10-20/h1-2,4-5,12,14-16H,3,6-10,19H2/t12?,14?,15?,16-/m1/s1. The Morgan fingerprint density at radius 2 is 1.80 bits per heavy atom. The maximum absolute atomic E-state index is 13.6. The Balaban J connectivity index is 1.63. The van der Waals surface area contributed by atoms with Gasteiger partial charge in [-0.15, -0.1) is 0 Å². The van der Waals surface area contributed by atoms with E-state index in [1.807, 2.05) is 12.1 Å². The summed E-state index contributed by atoms with van der Waals surface area (Å²) < 4.78 is 26.6. The van der Waals surface area contributed by atoms with E-state index in [-0.39, 0.29) is 11.9 Å². The van der Waals surface area contributed by atoms with E-state index in [1.54, 1.807) is 0 Å². The van der Waals surface area contributed by atoms with Gasteiger partial charge in [-0.05, 0) is 49.3 Å². The van der Waals surface area contributed by atoms with Gasteiger partial charge in [0, 0.05) is 25.2 Å². The van der Waals surface area contributed by atoms with E-state index in [0.717, 1.165) is 25.8 Å². The molecule has 110 valence electrons. The van der Waals surface area contributed by atoms with Crippen molar-refractivity contribution < 1.29 is 8.78 Å². The minimum Gasteiger partial charge on any atom is -0.326 e. The number of hydrogen-bond acceptors (Lipinski definition) is 2. The molecule has 0 amide bonds. The SMILES string of the molecule is NC1CC(F)CN([C@@H]2CCC(c3ccc(F)cc3)C2)C1. The molecule has 2 nitrogen and oxygen atoms in total. The second-order valence-corrected chi connectivity index (χ2v) is 6.26. The van der Waals surface area contributed by atoms with Gasteiger partial charge in [0.15, 0.2) is 0 Å². The average Bonchev–Trinajstić information content (AvgIpc) is 2.88. The normalized spacial score (nSPS) is 35.4. The summed E-state index contributed by atoms with van der Waals surface area (Å²) in [7, 11) is 0. The van der Waals surface area contributed by atoms with Crippen LogP contribution in [0.3, 0.4) is 0 Å². The number of hydrogen-bond donors (Lipinski definition) is 1. The van der Waals surface area contributed by atoms with Gasteiger partial charge in [0.1, 0.15) is 12.0 Å². The molecule has 1 saturated carbocycles. The highest BCUT2D eigenvalue weighted by Gasteiger charge is 2.34. The van der Waals surface area contributed by atoms with Crippen LogP contribution in [0.5, 0.6) is 0 Å². The smallest absolute Gasteiger partial charge is 0.123 e. The van der Waals surface area contributed by atoms with Gasteiger partial charge in [-0.2, -0.15) is 0 Å². The van der Waals surface area contributed by atoms with E-state index in [0.29, 0.717) is 24.9 Å². The van der Waals surface area contributed by atoms with Crippen molar-refractivity contribution in [3.05, 3.63) is 35.6 Å². The Labute approximate surface area is 118 Å². The van der Waals surface area contributed by atoms with E-state index >= 15 is 0 Å². The summed E-state index contributed by atoms with van der Waals surface area (Å²) in [4.78, 5) is 2.22. The molecule has 1 aromatic carbocycles. The summed E-state index contributed by atoms with van der Waals surface area (Å²) in [5, 5.41) is 0. The summed E-state index contributed by atoms with van der Waals surface area (Å²) in [6.45, 7) is 1.33. The maximum Gasteiger partial charge on any atom is 0.123 e. The summed E-state index contributed by atoms with van der Waals surface area (Å²) in [5.74, 6) is 0.280. The summed E-state index contributed by atoms with van der Waals surface area (Å²) in [6, 6.07) is 7.19. The Morgan fingerprint density at radius 3 is 2.50 bits per heavy atom. The van der Waals surface area contributed by atoms with Crippen molar-refractivity contribution in [3.63, 3.8) is 0 Å². The zero-order chi connectivity index (χ0) is 14.1. The summed E-state index contributed by atoms with van der Waals surface area (Å²) >= 11 is 0. The Morgan fingerprint density at radius 1 is 1.05 bits per heavy atom. The first-order valence-electron chi connectivity index (χ1n) is 7.51. The molecule has 3 unspecified atom stereocenters. The van der Waals surface area contributed by atoms with Crippen LogP contribution in [0.4, 0.5) is 8.78 Å². The second-order valence-electron chi connectivity index (χ2n) is 6.26. The quantitative estimate of drug-likeness (QED) is 0.902. The minimum absolute atomic E-state index is 0.0383. The van der Waals surface area contributed by atoms with Gasteiger partial charge >= 0.3 is 0 Å². The zero-order valence-electron chi connectivity index (χ0n) is 11.6. The van der Waals surface area contributed by atoms with Gasteiger partial charge in [0.25, 0.3) is 0 Å². The molecule has 0 aromatic heterocycles. The fourth-order valence-corrected chi connectivity index (χ4v) is 3.73. The lowest BCUT2D eigenvalue weighted by Crippen LogP contribution is -2.51. The molecule has 1 aliphatic heterocycles. The molecule has 1 aromatic rings. The third-order valence-electron chi connectivity index (χ3n) is 4.72. The van der Waals surface area contributed by atoms with Crippen molar-refractivity contribution >= 4 is 0 Å². The molecule has 20 heavy (non-hydrogen) atoms. The van der Waals surface area contributed by atoms with Crippen LogP contribution in [-0.4, -0.2) is 36.2 Å². The number of halogens is 2. The van der Waals surface area contributed by atoms with Crippen LogP contribution in [0.2, 0.25) is 0 Å². The topological polar surface area (TPSA) is 29.3 Å². The molecule has 2 fully saturated rings. The van der Waals surface area contributed by atoms with Crippen LogP contribution >= 0.6 is 0 Å². The number of benzene rings is 1. The largest absolute Gasteiger partial charge is 0.326 e. The molecule has 0 radical (unpaired) electrons. The lowest BCUT2D eigenvalue weighted by Gasteiger charge is -2.37. The van der Waals surface area contributed by atoms with Crippen LogP contribution < -0.4 is 5.73 Å². The Kier molecular flexibility index (Phi) is 4.03. The number of nitrogens with zero attached hydrogens (tertiary/aromatic N) is 1. The molecule has 4 atom stereocenters. The predicted molar refractivity (Wildman–Crippen MR) is 75.8 cm³/mol. The number of rotatable bonds is 2. The molecule has 1 aliphatic carbocycles. The minimum atomic E-state index is -0.788. The second kappa shape index (κ2) is 5.78. The van der Waals surface area contributed by atoms with Gasteiger partial charge < -0.3 is 5.73 Å². The first-order chi connectivity index (χ1) is 9.61. The van der Waals surface area contributed by atoms with Crippen molar-refractivity contribution in [3.8, 4) is 0 Å². The van der Waals surface area contributed by atoms with Gasteiger partial charge in [-0.25, -0.2) is 8.78 Å². The van der Waals surface area contributed by atoms with E-state index < -0.39 is 6.17 Å². The number of nitrogens with two attached hydrogens (primary N) is 1. The van der Waals surface area contributed by atoms with E-state index in [1.165, 1.54) is 17.7 Å². The fraction of sp³-hybridized carbons (Fsp3) is 0.625. The van der Waals surface area contributed by atoms with Crippen molar-refractivity contribution in [2.45, 2.75) is 49.9 Å². The van der Waals surface area contributed by atoms with Crippen molar-refractivity contribution in [1.29, 1.82) is 0 Å². The molecule has 2 N–H and O–H groups in total. The molecule has 1 saturated heterocycles.